The molecule has 0 aliphatic carbocycles. The molecule has 3 aromatic rings. The quantitative estimate of drug-likeness (QED) is 0.711. The normalized spacial score (nSPS) is 16.5. The van der Waals surface area contributed by atoms with E-state index in [4.69, 9.17) is 9.26 Å². The molecule has 7 nitrogen and oxygen atoms in total. The SMILES string of the molecule is COc1cccc(-c2noc(C3CCCN(C(=O)Nc4cccc(F)c4)C3)n2)c1. The summed E-state index contributed by atoms with van der Waals surface area (Å²) >= 11 is 0. The average Bonchev–Trinajstić information content (AvgIpc) is 3.24. The maximum Gasteiger partial charge on any atom is 0.321 e. The van der Waals surface area contributed by atoms with Gasteiger partial charge in [0.2, 0.25) is 11.7 Å². The van der Waals surface area contributed by atoms with E-state index in [0.29, 0.717) is 36.2 Å². The Bertz CT molecular complexity index is 1010. The Morgan fingerprint density at radius 1 is 1.28 bits per heavy atom. The molecule has 1 saturated heterocycles. The van der Waals surface area contributed by atoms with Gasteiger partial charge in [-0.15, -0.1) is 0 Å². The number of aromatic nitrogens is 2. The summed E-state index contributed by atoms with van der Waals surface area (Å²) in [5.41, 5.74) is 1.23. The lowest BCUT2D eigenvalue weighted by molar-refractivity contribution is 0.184. The number of ether oxygens (including phenoxy) is 1. The molecule has 2 amide bonds. The van der Waals surface area contributed by atoms with E-state index in [9.17, 15) is 9.18 Å². The first kappa shape index (κ1) is 18.9. The van der Waals surface area contributed by atoms with Crippen LogP contribution in [0.1, 0.15) is 24.7 Å². The van der Waals surface area contributed by atoms with Crippen LogP contribution in [-0.2, 0) is 0 Å². The summed E-state index contributed by atoms with van der Waals surface area (Å²) in [7, 11) is 1.60. The highest BCUT2D eigenvalue weighted by Gasteiger charge is 2.29. The van der Waals surface area contributed by atoms with E-state index in [0.717, 1.165) is 18.4 Å². The van der Waals surface area contributed by atoms with Gasteiger partial charge in [-0.1, -0.05) is 23.4 Å². The van der Waals surface area contributed by atoms with E-state index >= 15 is 0 Å². The highest BCUT2D eigenvalue weighted by Crippen LogP contribution is 2.29. The van der Waals surface area contributed by atoms with E-state index in [1.807, 2.05) is 24.3 Å². The predicted octanol–water partition coefficient (Wildman–Crippen LogP) is 4.30. The summed E-state index contributed by atoms with van der Waals surface area (Å²) in [5, 5.41) is 6.82. The number of hydrogen-bond donors (Lipinski definition) is 1. The van der Waals surface area contributed by atoms with Crippen LogP contribution in [0, 0.1) is 5.82 Å². The van der Waals surface area contributed by atoms with Crippen molar-refractivity contribution in [2.24, 2.45) is 0 Å². The van der Waals surface area contributed by atoms with Gasteiger partial charge in [0, 0.05) is 24.3 Å². The number of methoxy groups -OCH3 is 1. The van der Waals surface area contributed by atoms with E-state index < -0.39 is 5.82 Å². The second-order valence-electron chi connectivity index (χ2n) is 6.91. The highest BCUT2D eigenvalue weighted by molar-refractivity contribution is 5.89. The third kappa shape index (κ3) is 4.37. The zero-order valence-electron chi connectivity index (χ0n) is 16.0. The Morgan fingerprint density at radius 3 is 2.97 bits per heavy atom. The van der Waals surface area contributed by atoms with Crippen molar-refractivity contribution in [2.45, 2.75) is 18.8 Å². The van der Waals surface area contributed by atoms with Gasteiger partial charge in [0.15, 0.2) is 0 Å². The molecule has 1 aromatic heterocycles. The molecule has 8 heteroatoms. The second-order valence-corrected chi connectivity index (χ2v) is 6.91. The Kier molecular flexibility index (Phi) is 5.41. The minimum atomic E-state index is -0.393. The number of carbonyl (C=O) groups is 1. The molecule has 2 heterocycles. The van der Waals surface area contributed by atoms with Crippen LogP contribution in [0.15, 0.2) is 53.1 Å². The number of piperidine rings is 1. The van der Waals surface area contributed by atoms with Gasteiger partial charge in [-0.25, -0.2) is 9.18 Å². The smallest absolute Gasteiger partial charge is 0.321 e. The molecule has 4 rings (SSSR count). The van der Waals surface area contributed by atoms with E-state index in [2.05, 4.69) is 15.5 Å². The van der Waals surface area contributed by atoms with Crippen LogP contribution in [0.25, 0.3) is 11.4 Å². The summed E-state index contributed by atoms with van der Waals surface area (Å²) < 4.78 is 24.1. The first-order valence-corrected chi connectivity index (χ1v) is 9.42. The molecule has 29 heavy (non-hydrogen) atoms. The molecular weight excluding hydrogens is 375 g/mol. The summed E-state index contributed by atoms with van der Waals surface area (Å²) in [4.78, 5) is 18.8. The summed E-state index contributed by atoms with van der Waals surface area (Å²) in [6, 6.07) is 13.0. The molecular formula is C21H21FN4O3. The van der Waals surface area contributed by atoms with Crippen molar-refractivity contribution in [3.63, 3.8) is 0 Å². The first-order valence-electron chi connectivity index (χ1n) is 9.42. The maximum absolute atomic E-state index is 13.3. The van der Waals surface area contributed by atoms with Crippen molar-refractivity contribution in [3.8, 4) is 17.1 Å². The van der Waals surface area contributed by atoms with E-state index in [1.54, 1.807) is 24.1 Å². The number of carbonyl (C=O) groups excluding carboxylic acids is 1. The molecule has 0 bridgehead atoms. The van der Waals surface area contributed by atoms with Crippen LogP contribution in [-0.4, -0.2) is 41.3 Å². The van der Waals surface area contributed by atoms with E-state index in [1.165, 1.54) is 12.1 Å². The fourth-order valence-corrected chi connectivity index (χ4v) is 3.41. The molecule has 1 aliphatic heterocycles. The molecule has 2 aromatic carbocycles. The van der Waals surface area contributed by atoms with Gasteiger partial charge in [-0.05, 0) is 43.2 Å². The van der Waals surface area contributed by atoms with Crippen molar-refractivity contribution in [2.75, 3.05) is 25.5 Å². The molecule has 150 valence electrons. The predicted molar refractivity (Wildman–Crippen MR) is 105 cm³/mol. The van der Waals surface area contributed by atoms with Gasteiger partial charge in [0.1, 0.15) is 11.6 Å². The lowest BCUT2D eigenvalue weighted by Crippen LogP contribution is -2.41. The number of nitrogens with one attached hydrogen (secondary N) is 1. The van der Waals surface area contributed by atoms with Crippen LogP contribution in [0.3, 0.4) is 0 Å². The van der Waals surface area contributed by atoms with Crippen LogP contribution >= 0.6 is 0 Å². The van der Waals surface area contributed by atoms with Crippen molar-refractivity contribution in [1.82, 2.24) is 15.0 Å². The monoisotopic (exact) mass is 396 g/mol. The number of halogens is 1. The largest absolute Gasteiger partial charge is 0.497 e. The van der Waals surface area contributed by atoms with Crippen LogP contribution < -0.4 is 10.1 Å². The molecule has 0 saturated carbocycles. The topological polar surface area (TPSA) is 80.5 Å². The van der Waals surface area contributed by atoms with Gasteiger partial charge >= 0.3 is 6.03 Å². The van der Waals surface area contributed by atoms with Gasteiger partial charge in [0.05, 0.1) is 13.0 Å². The van der Waals surface area contributed by atoms with Gasteiger partial charge in [-0.2, -0.15) is 4.98 Å². The number of hydrogen-bond acceptors (Lipinski definition) is 5. The van der Waals surface area contributed by atoms with Gasteiger partial charge < -0.3 is 19.5 Å². The van der Waals surface area contributed by atoms with Crippen LogP contribution in [0.5, 0.6) is 5.75 Å². The molecule has 0 radical (unpaired) electrons. The van der Waals surface area contributed by atoms with Crippen molar-refractivity contribution in [1.29, 1.82) is 0 Å². The standard InChI is InChI=1S/C21H21FN4O3/c1-28-18-9-2-5-14(11-18)19-24-20(29-25-19)15-6-4-10-26(13-15)21(27)23-17-8-3-7-16(22)12-17/h2-3,5,7-9,11-12,15H,4,6,10,13H2,1H3,(H,23,27). The molecule has 0 spiro atoms. The number of likely N-dealkylation sites (tertiary alicyclic amines) is 1. The fraction of sp³-hybridized carbons (Fsp3) is 0.286. The Hall–Kier alpha value is -3.42. The second kappa shape index (κ2) is 8.30. The van der Waals surface area contributed by atoms with Crippen molar-refractivity contribution >= 4 is 11.7 Å². The third-order valence-corrected chi connectivity index (χ3v) is 4.90. The number of amides is 2. The minimum Gasteiger partial charge on any atom is -0.497 e. The Balaban J connectivity index is 1.44. The Labute approximate surface area is 167 Å². The molecule has 1 atom stereocenters. The summed E-state index contributed by atoms with van der Waals surface area (Å²) in [6.07, 6.45) is 1.67. The molecule has 1 aliphatic rings. The lowest BCUT2D eigenvalue weighted by atomic mass is 9.98. The van der Waals surface area contributed by atoms with Gasteiger partial charge in [-0.3, -0.25) is 0 Å². The van der Waals surface area contributed by atoms with Crippen LogP contribution in [0.4, 0.5) is 14.9 Å². The van der Waals surface area contributed by atoms with Gasteiger partial charge in [0.25, 0.3) is 0 Å². The fourth-order valence-electron chi connectivity index (χ4n) is 3.41. The number of urea groups is 1. The molecule has 1 unspecified atom stereocenters. The minimum absolute atomic E-state index is 0.0473. The van der Waals surface area contributed by atoms with Crippen LogP contribution in [0.2, 0.25) is 0 Å². The van der Waals surface area contributed by atoms with E-state index in [-0.39, 0.29) is 11.9 Å². The zero-order valence-corrected chi connectivity index (χ0v) is 16.0. The zero-order chi connectivity index (χ0) is 20.2. The highest BCUT2D eigenvalue weighted by atomic mass is 19.1. The number of rotatable bonds is 4. The first-order chi connectivity index (χ1) is 14.1. The Morgan fingerprint density at radius 2 is 2.14 bits per heavy atom. The number of anilines is 1. The lowest BCUT2D eigenvalue weighted by Gasteiger charge is -2.31. The molecule has 1 N–H and O–H groups in total. The van der Waals surface area contributed by atoms with Crippen molar-refractivity contribution < 1.29 is 18.4 Å². The third-order valence-electron chi connectivity index (χ3n) is 4.90. The maximum atomic E-state index is 13.3. The number of benzene rings is 2. The summed E-state index contributed by atoms with van der Waals surface area (Å²) in [5.74, 6) is 1.27. The average molecular weight is 396 g/mol. The summed E-state index contributed by atoms with van der Waals surface area (Å²) in [6.45, 7) is 1.08. The molecule has 1 fully saturated rings. The van der Waals surface area contributed by atoms with Crippen molar-refractivity contribution in [3.05, 3.63) is 60.2 Å². The number of nitrogens with zero attached hydrogens (tertiary/aromatic N) is 3.